The van der Waals surface area contributed by atoms with Crippen molar-refractivity contribution < 1.29 is 4.79 Å². The summed E-state index contributed by atoms with van der Waals surface area (Å²) in [5.41, 5.74) is 2.66. The van der Waals surface area contributed by atoms with Gasteiger partial charge in [-0.1, -0.05) is 30.3 Å². The number of para-hydroxylation sites is 2. The van der Waals surface area contributed by atoms with Crippen LogP contribution < -0.4 is 10.9 Å². The quantitative estimate of drug-likeness (QED) is 0.463. The van der Waals surface area contributed by atoms with Gasteiger partial charge in [-0.3, -0.25) is 24.1 Å². The minimum Gasteiger partial charge on any atom is -0.319 e. The molecule has 2 aromatic carbocycles. The Morgan fingerprint density at radius 2 is 1.68 bits per heavy atom. The molecule has 2 aromatic heterocycles. The van der Waals surface area contributed by atoms with Crippen LogP contribution in [-0.4, -0.2) is 62.8 Å². The molecule has 0 spiro atoms. The van der Waals surface area contributed by atoms with E-state index in [2.05, 4.69) is 27.2 Å². The van der Waals surface area contributed by atoms with Gasteiger partial charge in [-0.25, -0.2) is 9.67 Å². The summed E-state index contributed by atoms with van der Waals surface area (Å²) in [6.07, 6.45) is 0. The van der Waals surface area contributed by atoms with Gasteiger partial charge in [0, 0.05) is 33.2 Å². The predicted molar refractivity (Wildman–Crippen MR) is 136 cm³/mol. The van der Waals surface area contributed by atoms with Crippen molar-refractivity contribution in [2.24, 2.45) is 7.05 Å². The molecule has 0 radical (unpaired) electrons. The lowest BCUT2D eigenvalue weighted by molar-refractivity contribution is -0.117. The summed E-state index contributed by atoms with van der Waals surface area (Å²) < 4.78 is 4.56. The van der Waals surface area contributed by atoms with E-state index in [-0.39, 0.29) is 18.0 Å². The fourth-order valence-corrected chi connectivity index (χ4v) is 5.39. The maximum atomic E-state index is 13.0. The van der Waals surface area contributed by atoms with Gasteiger partial charge in [0.1, 0.15) is 10.7 Å². The van der Waals surface area contributed by atoms with Crippen molar-refractivity contribution in [3.63, 3.8) is 0 Å². The second-order valence-electron chi connectivity index (χ2n) is 8.61. The Kier molecular flexibility index (Phi) is 6.32. The average molecular weight is 477 g/mol. The molecule has 1 saturated heterocycles. The summed E-state index contributed by atoms with van der Waals surface area (Å²) in [6.45, 7) is 6.33. The Hall–Kier alpha value is -3.27. The topological polar surface area (TPSA) is 75.4 Å². The molecular weight excluding hydrogens is 448 g/mol. The predicted octanol–water partition coefficient (Wildman–Crippen LogP) is 2.85. The third kappa shape index (κ3) is 4.54. The third-order valence-electron chi connectivity index (χ3n) is 6.35. The zero-order chi connectivity index (χ0) is 23.7. The molecule has 1 aliphatic heterocycles. The van der Waals surface area contributed by atoms with Crippen molar-refractivity contribution in [3.05, 3.63) is 75.7 Å². The van der Waals surface area contributed by atoms with Crippen LogP contribution >= 0.6 is 11.3 Å². The molecule has 1 aliphatic rings. The molecular formula is C25H28N6O2S. The lowest BCUT2D eigenvalue weighted by atomic mass is 10.3. The first-order chi connectivity index (χ1) is 16.5. The number of nitrogens with zero attached hydrogens (tertiary/aromatic N) is 5. The van der Waals surface area contributed by atoms with E-state index in [9.17, 15) is 9.59 Å². The molecule has 34 heavy (non-hydrogen) atoms. The second-order valence-corrected chi connectivity index (χ2v) is 9.73. The number of rotatable bonds is 6. The summed E-state index contributed by atoms with van der Waals surface area (Å²) in [5, 5.41) is 3.99. The van der Waals surface area contributed by atoms with Gasteiger partial charge in [0.05, 0.1) is 34.7 Å². The highest BCUT2D eigenvalue weighted by molar-refractivity contribution is 7.18. The van der Waals surface area contributed by atoms with Gasteiger partial charge in [0.2, 0.25) is 5.91 Å². The first-order valence-corrected chi connectivity index (χ1v) is 12.2. The van der Waals surface area contributed by atoms with Gasteiger partial charge >= 0.3 is 0 Å². The molecule has 3 heterocycles. The smallest absolute Gasteiger partial charge is 0.295 e. The molecule has 1 amide bonds. The molecule has 5 rings (SSSR count). The largest absolute Gasteiger partial charge is 0.319 e. The summed E-state index contributed by atoms with van der Waals surface area (Å²) in [6, 6.07) is 17.7. The number of benzene rings is 2. The molecule has 1 N–H and O–H groups in total. The number of thiazole rings is 1. The van der Waals surface area contributed by atoms with E-state index < -0.39 is 0 Å². The fourth-order valence-electron chi connectivity index (χ4n) is 4.38. The average Bonchev–Trinajstić information content (AvgIpc) is 3.34. The number of carbonyl (C=O) groups excluding carboxylic acids is 1. The zero-order valence-corrected chi connectivity index (χ0v) is 20.2. The van der Waals surface area contributed by atoms with Crippen molar-refractivity contribution in [1.82, 2.24) is 24.1 Å². The minimum atomic E-state index is -0.222. The standard InChI is InChI=1S/C25H28N6O2S/c1-18-24(25(33)31(28(18)2)19-8-4-3-5-9-19)27-22(32)16-29-12-14-30(15-13-29)17-23-26-20-10-6-7-11-21(20)34-23/h3-11H,12-17H2,1-2H3,(H,27,32). The van der Waals surface area contributed by atoms with Crippen molar-refractivity contribution in [2.75, 3.05) is 38.0 Å². The number of piperazine rings is 1. The van der Waals surface area contributed by atoms with Gasteiger partial charge in [0.25, 0.3) is 5.56 Å². The highest BCUT2D eigenvalue weighted by Crippen LogP contribution is 2.23. The Morgan fingerprint density at radius 3 is 2.41 bits per heavy atom. The van der Waals surface area contributed by atoms with Crippen LogP contribution in [0.1, 0.15) is 10.7 Å². The summed E-state index contributed by atoms with van der Waals surface area (Å²) in [4.78, 5) is 35.1. The number of anilines is 1. The van der Waals surface area contributed by atoms with Gasteiger partial charge in [-0.05, 0) is 31.2 Å². The lowest BCUT2D eigenvalue weighted by Crippen LogP contribution is -2.48. The first kappa shape index (κ1) is 22.5. The molecule has 0 aliphatic carbocycles. The molecule has 4 aromatic rings. The Labute approximate surface area is 202 Å². The summed E-state index contributed by atoms with van der Waals surface area (Å²) in [5.74, 6) is -0.161. The van der Waals surface area contributed by atoms with E-state index in [0.29, 0.717) is 5.69 Å². The van der Waals surface area contributed by atoms with Crippen LogP contribution in [0.25, 0.3) is 15.9 Å². The van der Waals surface area contributed by atoms with Crippen LogP contribution in [0.15, 0.2) is 59.4 Å². The number of carbonyl (C=O) groups is 1. The lowest BCUT2D eigenvalue weighted by Gasteiger charge is -2.33. The van der Waals surface area contributed by atoms with Gasteiger partial charge < -0.3 is 5.32 Å². The molecule has 8 nitrogen and oxygen atoms in total. The van der Waals surface area contributed by atoms with E-state index in [0.717, 1.165) is 54.6 Å². The Morgan fingerprint density at radius 1 is 1.00 bits per heavy atom. The van der Waals surface area contributed by atoms with Gasteiger partial charge in [-0.15, -0.1) is 11.3 Å². The van der Waals surface area contributed by atoms with Crippen LogP contribution in [0, 0.1) is 6.92 Å². The highest BCUT2D eigenvalue weighted by Gasteiger charge is 2.22. The van der Waals surface area contributed by atoms with E-state index in [4.69, 9.17) is 4.98 Å². The number of hydrogen-bond donors (Lipinski definition) is 1. The Bertz CT molecular complexity index is 1330. The maximum absolute atomic E-state index is 13.0. The summed E-state index contributed by atoms with van der Waals surface area (Å²) in [7, 11) is 1.82. The van der Waals surface area contributed by atoms with E-state index in [1.54, 1.807) is 20.7 Å². The number of nitrogens with one attached hydrogen (secondary N) is 1. The normalized spacial score (nSPS) is 15.1. The second kappa shape index (κ2) is 9.54. The number of amides is 1. The van der Waals surface area contributed by atoms with Crippen molar-refractivity contribution in [1.29, 1.82) is 0 Å². The Balaban J connectivity index is 1.17. The minimum absolute atomic E-state index is 0.161. The molecule has 0 unspecified atom stereocenters. The third-order valence-corrected chi connectivity index (χ3v) is 7.37. The van der Waals surface area contributed by atoms with E-state index >= 15 is 0 Å². The SMILES string of the molecule is Cc1c(NC(=O)CN2CCN(Cc3nc4ccccc4s3)CC2)c(=O)n(-c2ccccc2)n1C. The molecule has 1 fully saturated rings. The molecule has 0 saturated carbocycles. The zero-order valence-electron chi connectivity index (χ0n) is 19.4. The fraction of sp³-hybridized carbons (Fsp3) is 0.320. The molecule has 176 valence electrons. The summed E-state index contributed by atoms with van der Waals surface area (Å²) >= 11 is 1.74. The molecule has 0 bridgehead atoms. The monoisotopic (exact) mass is 476 g/mol. The number of fused-ring (bicyclic) bond motifs is 1. The van der Waals surface area contributed by atoms with E-state index in [1.807, 2.05) is 56.4 Å². The van der Waals surface area contributed by atoms with Crippen LogP contribution in [0.4, 0.5) is 5.69 Å². The van der Waals surface area contributed by atoms with E-state index in [1.165, 1.54) is 4.70 Å². The van der Waals surface area contributed by atoms with Crippen molar-refractivity contribution in [3.8, 4) is 5.69 Å². The van der Waals surface area contributed by atoms with Crippen LogP contribution in [-0.2, 0) is 18.4 Å². The first-order valence-electron chi connectivity index (χ1n) is 11.4. The van der Waals surface area contributed by atoms with Crippen LogP contribution in [0.5, 0.6) is 0 Å². The van der Waals surface area contributed by atoms with Crippen molar-refractivity contribution in [2.45, 2.75) is 13.5 Å². The van der Waals surface area contributed by atoms with Gasteiger partial charge in [0.15, 0.2) is 0 Å². The van der Waals surface area contributed by atoms with Gasteiger partial charge in [-0.2, -0.15) is 0 Å². The molecule has 0 atom stereocenters. The molecule has 9 heteroatoms. The number of aromatic nitrogens is 3. The highest BCUT2D eigenvalue weighted by atomic mass is 32.1. The van der Waals surface area contributed by atoms with Crippen LogP contribution in [0.2, 0.25) is 0 Å². The van der Waals surface area contributed by atoms with Crippen LogP contribution in [0.3, 0.4) is 0 Å². The maximum Gasteiger partial charge on any atom is 0.295 e. The van der Waals surface area contributed by atoms with Crippen molar-refractivity contribution >= 4 is 33.1 Å². The number of hydrogen-bond acceptors (Lipinski definition) is 6.